The first-order chi connectivity index (χ1) is 6.25. The van der Waals surface area contributed by atoms with Crippen LogP contribution in [-0.4, -0.2) is 36.6 Å². The number of hydrogen-bond acceptors (Lipinski definition) is 3. The summed E-state index contributed by atoms with van der Waals surface area (Å²) in [7, 11) is 0. The summed E-state index contributed by atoms with van der Waals surface area (Å²) in [6, 6.07) is 0. The van der Waals surface area contributed by atoms with E-state index in [1.807, 2.05) is 6.92 Å². The van der Waals surface area contributed by atoms with Gasteiger partial charge in [-0.1, -0.05) is 0 Å². The van der Waals surface area contributed by atoms with Crippen LogP contribution in [0.2, 0.25) is 0 Å². The van der Waals surface area contributed by atoms with Crippen LogP contribution in [-0.2, 0) is 9.53 Å². The lowest BCUT2D eigenvalue weighted by molar-refractivity contribution is -0.149. The molecule has 1 saturated heterocycles. The van der Waals surface area contributed by atoms with Crippen molar-refractivity contribution in [2.24, 2.45) is 5.92 Å². The maximum absolute atomic E-state index is 11.3. The second-order valence-corrected chi connectivity index (χ2v) is 4.12. The normalized spacial score (nSPS) is 24.1. The summed E-state index contributed by atoms with van der Waals surface area (Å²) in [4.78, 5) is 13.5. The molecule has 1 heterocycles. The SMILES string of the molecule is C[C@@H](OC(=O)CCN1CC1)C1CC1. The van der Waals surface area contributed by atoms with Crippen LogP contribution in [0.5, 0.6) is 0 Å². The Hall–Kier alpha value is -0.570. The van der Waals surface area contributed by atoms with Gasteiger partial charge in [-0.15, -0.1) is 0 Å². The highest BCUT2D eigenvalue weighted by Gasteiger charge is 2.30. The summed E-state index contributed by atoms with van der Waals surface area (Å²) >= 11 is 0. The van der Waals surface area contributed by atoms with Gasteiger partial charge in [-0.3, -0.25) is 4.79 Å². The first-order valence-electron chi connectivity index (χ1n) is 5.17. The minimum atomic E-state index is -0.0219. The quantitative estimate of drug-likeness (QED) is 0.471. The molecule has 13 heavy (non-hydrogen) atoms. The topological polar surface area (TPSA) is 29.3 Å². The van der Waals surface area contributed by atoms with Crippen LogP contribution in [0.25, 0.3) is 0 Å². The first kappa shape index (κ1) is 9.00. The van der Waals surface area contributed by atoms with Gasteiger partial charge in [-0.05, 0) is 25.7 Å². The van der Waals surface area contributed by atoms with E-state index in [1.165, 1.54) is 12.8 Å². The van der Waals surface area contributed by atoms with E-state index >= 15 is 0 Å². The van der Waals surface area contributed by atoms with Gasteiger partial charge in [0.2, 0.25) is 0 Å². The Balaban J connectivity index is 1.58. The molecule has 1 saturated carbocycles. The van der Waals surface area contributed by atoms with Crippen molar-refractivity contribution >= 4 is 5.97 Å². The largest absolute Gasteiger partial charge is 0.462 e. The van der Waals surface area contributed by atoms with E-state index in [4.69, 9.17) is 4.74 Å². The second-order valence-electron chi connectivity index (χ2n) is 4.12. The Morgan fingerprint density at radius 1 is 1.54 bits per heavy atom. The minimum Gasteiger partial charge on any atom is -0.462 e. The van der Waals surface area contributed by atoms with Crippen LogP contribution >= 0.6 is 0 Å². The number of esters is 1. The molecule has 1 aliphatic carbocycles. The fourth-order valence-corrected chi connectivity index (χ4v) is 1.47. The average molecular weight is 183 g/mol. The summed E-state index contributed by atoms with van der Waals surface area (Å²) in [5.74, 6) is 0.636. The predicted octanol–water partition coefficient (Wildman–Crippen LogP) is 1.03. The standard InChI is InChI=1S/C10H17NO2/c1-8(9-2-3-9)13-10(12)4-5-11-6-7-11/h8-9H,2-7H2,1H3/t8-/m1/s1. The molecule has 3 nitrogen and oxygen atoms in total. The zero-order valence-electron chi connectivity index (χ0n) is 8.16. The predicted molar refractivity (Wildman–Crippen MR) is 49.3 cm³/mol. The highest BCUT2D eigenvalue weighted by molar-refractivity contribution is 5.69. The van der Waals surface area contributed by atoms with Crippen molar-refractivity contribution in [1.29, 1.82) is 0 Å². The van der Waals surface area contributed by atoms with Crippen molar-refractivity contribution in [1.82, 2.24) is 4.90 Å². The maximum Gasteiger partial charge on any atom is 0.307 e. The molecular weight excluding hydrogens is 166 g/mol. The summed E-state index contributed by atoms with van der Waals surface area (Å²) in [6.07, 6.45) is 3.19. The molecule has 0 N–H and O–H groups in total. The molecule has 74 valence electrons. The lowest BCUT2D eigenvalue weighted by Gasteiger charge is -2.11. The van der Waals surface area contributed by atoms with Gasteiger partial charge in [0.15, 0.2) is 0 Å². The van der Waals surface area contributed by atoms with Gasteiger partial charge < -0.3 is 9.64 Å². The number of ether oxygens (including phenoxy) is 1. The molecule has 1 aliphatic heterocycles. The van der Waals surface area contributed by atoms with Gasteiger partial charge in [0.05, 0.1) is 6.42 Å². The smallest absolute Gasteiger partial charge is 0.307 e. The molecule has 0 bridgehead atoms. The van der Waals surface area contributed by atoms with Gasteiger partial charge in [-0.2, -0.15) is 0 Å². The molecule has 0 amide bonds. The fraction of sp³-hybridized carbons (Fsp3) is 0.900. The number of rotatable bonds is 5. The van der Waals surface area contributed by atoms with Gasteiger partial charge >= 0.3 is 5.97 Å². The Morgan fingerprint density at radius 2 is 2.23 bits per heavy atom. The van der Waals surface area contributed by atoms with Gasteiger partial charge in [0, 0.05) is 19.6 Å². The van der Waals surface area contributed by atoms with E-state index < -0.39 is 0 Å². The van der Waals surface area contributed by atoms with Crippen molar-refractivity contribution in [3.8, 4) is 0 Å². The van der Waals surface area contributed by atoms with Gasteiger partial charge in [0.25, 0.3) is 0 Å². The number of hydrogen-bond donors (Lipinski definition) is 0. The van der Waals surface area contributed by atoms with Crippen molar-refractivity contribution in [3.05, 3.63) is 0 Å². The summed E-state index contributed by atoms with van der Waals surface area (Å²) in [5.41, 5.74) is 0. The van der Waals surface area contributed by atoms with Crippen molar-refractivity contribution in [2.75, 3.05) is 19.6 Å². The summed E-state index contributed by atoms with van der Waals surface area (Å²) in [5, 5.41) is 0. The molecule has 1 atom stereocenters. The highest BCUT2D eigenvalue weighted by Crippen LogP contribution is 2.34. The molecule has 2 rings (SSSR count). The van der Waals surface area contributed by atoms with Crippen LogP contribution in [0.3, 0.4) is 0 Å². The Labute approximate surface area is 79.0 Å². The summed E-state index contributed by atoms with van der Waals surface area (Å²) < 4.78 is 5.29. The zero-order valence-corrected chi connectivity index (χ0v) is 8.16. The van der Waals surface area contributed by atoms with Crippen molar-refractivity contribution in [2.45, 2.75) is 32.3 Å². The molecule has 0 aromatic heterocycles. The Bertz CT molecular complexity index is 197. The molecule has 3 heteroatoms. The molecule has 2 aliphatic rings. The van der Waals surface area contributed by atoms with E-state index in [2.05, 4.69) is 4.90 Å². The van der Waals surface area contributed by atoms with E-state index in [0.29, 0.717) is 12.3 Å². The highest BCUT2D eigenvalue weighted by atomic mass is 16.5. The molecule has 0 aromatic carbocycles. The summed E-state index contributed by atoms with van der Waals surface area (Å²) in [6.45, 7) is 5.21. The van der Waals surface area contributed by atoms with Crippen LogP contribution in [0.4, 0.5) is 0 Å². The third-order valence-electron chi connectivity index (χ3n) is 2.78. The van der Waals surface area contributed by atoms with Crippen LogP contribution in [0.1, 0.15) is 26.2 Å². The van der Waals surface area contributed by atoms with E-state index in [1.54, 1.807) is 0 Å². The number of nitrogens with zero attached hydrogens (tertiary/aromatic N) is 1. The molecule has 0 radical (unpaired) electrons. The van der Waals surface area contributed by atoms with Crippen LogP contribution < -0.4 is 0 Å². The number of carbonyl (C=O) groups excluding carboxylic acids is 1. The Morgan fingerprint density at radius 3 is 2.77 bits per heavy atom. The van der Waals surface area contributed by atoms with Crippen LogP contribution in [0.15, 0.2) is 0 Å². The van der Waals surface area contributed by atoms with E-state index in [0.717, 1.165) is 19.6 Å². The van der Waals surface area contributed by atoms with Gasteiger partial charge in [-0.25, -0.2) is 0 Å². The monoisotopic (exact) mass is 183 g/mol. The molecule has 2 fully saturated rings. The van der Waals surface area contributed by atoms with E-state index in [9.17, 15) is 4.79 Å². The maximum atomic E-state index is 11.3. The third-order valence-corrected chi connectivity index (χ3v) is 2.78. The number of carbonyl (C=O) groups is 1. The molecule has 0 unspecified atom stereocenters. The molecule has 0 aromatic rings. The lowest BCUT2D eigenvalue weighted by atomic mass is 10.3. The van der Waals surface area contributed by atoms with Gasteiger partial charge in [0.1, 0.15) is 6.10 Å². The third kappa shape index (κ3) is 2.99. The fourth-order valence-electron chi connectivity index (χ4n) is 1.47. The van der Waals surface area contributed by atoms with Crippen molar-refractivity contribution in [3.63, 3.8) is 0 Å². The Kier molecular flexibility index (Phi) is 2.54. The minimum absolute atomic E-state index is 0.0219. The lowest BCUT2D eigenvalue weighted by Crippen LogP contribution is -2.18. The zero-order chi connectivity index (χ0) is 9.26. The first-order valence-corrected chi connectivity index (χ1v) is 5.17. The molecular formula is C10H17NO2. The van der Waals surface area contributed by atoms with E-state index in [-0.39, 0.29) is 12.1 Å². The average Bonchev–Trinajstić information content (AvgIpc) is 2.93. The van der Waals surface area contributed by atoms with Crippen molar-refractivity contribution < 1.29 is 9.53 Å². The second kappa shape index (κ2) is 3.66. The van der Waals surface area contributed by atoms with Crippen LogP contribution in [0, 0.1) is 5.92 Å². The molecule has 0 spiro atoms.